The second-order valence-corrected chi connectivity index (χ2v) is 4.85. The van der Waals surface area contributed by atoms with Crippen LogP contribution in [0.5, 0.6) is 0 Å². The minimum absolute atomic E-state index is 0.317. The Bertz CT molecular complexity index is 437. The molecule has 1 N–H and O–H groups in total. The van der Waals surface area contributed by atoms with Gasteiger partial charge in [0.25, 0.3) is 0 Å². The van der Waals surface area contributed by atoms with Crippen molar-refractivity contribution in [3.63, 3.8) is 0 Å². The fourth-order valence-corrected chi connectivity index (χ4v) is 2.42. The molecule has 100 valence electrons. The van der Waals surface area contributed by atoms with Crippen molar-refractivity contribution in [3.8, 4) is 0 Å². The topological polar surface area (TPSA) is 46.0 Å². The van der Waals surface area contributed by atoms with E-state index in [0.29, 0.717) is 31.4 Å². The van der Waals surface area contributed by atoms with Crippen LogP contribution in [0.1, 0.15) is 11.6 Å². The predicted molar refractivity (Wildman–Crippen MR) is 56.7 cm³/mol. The van der Waals surface area contributed by atoms with Crippen LogP contribution in [0.3, 0.4) is 0 Å². The number of nitrogens with zero attached hydrogens (tertiary/aromatic N) is 4. The average molecular weight is 261 g/mol. The maximum absolute atomic E-state index is 12.6. The van der Waals surface area contributed by atoms with Gasteiger partial charge in [-0.3, -0.25) is 4.90 Å². The van der Waals surface area contributed by atoms with Gasteiger partial charge >= 0.3 is 6.18 Å². The molecule has 1 aromatic heterocycles. The van der Waals surface area contributed by atoms with Gasteiger partial charge in [0, 0.05) is 32.7 Å². The molecule has 0 saturated carbocycles. The van der Waals surface area contributed by atoms with Crippen molar-refractivity contribution in [1.82, 2.24) is 25.0 Å². The molecule has 2 aliphatic heterocycles. The van der Waals surface area contributed by atoms with Crippen LogP contribution in [0.15, 0.2) is 0 Å². The van der Waals surface area contributed by atoms with Crippen molar-refractivity contribution >= 4 is 0 Å². The smallest absolute Gasteiger partial charge is 0.316 e. The Morgan fingerprint density at radius 2 is 2.00 bits per heavy atom. The fraction of sp³-hybridized carbons (Fsp3) is 0.800. The molecule has 0 radical (unpaired) electrons. The number of hydrogen-bond donors (Lipinski definition) is 1. The van der Waals surface area contributed by atoms with Gasteiger partial charge in [0.1, 0.15) is 5.82 Å². The Balaban J connectivity index is 1.72. The van der Waals surface area contributed by atoms with Crippen LogP contribution < -0.4 is 5.32 Å². The van der Waals surface area contributed by atoms with Crippen LogP contribution in [-0.4, -0.2) is 45.8 Å². The summed E-state index contributed by atoms with van der Waals surface area (Å²) in [6.07, 6.45) is -4.41. The van der Waals surface area contributed by atoms with Crippen LogP contribution in [0, 0.1) is 5.92 Å². The largest absolute Gasteiger partial charge is 0.451 e. The first-order chi connectivity index (χ1) is 8.54. The first-order valence-electron chi connectivity index (χ1n) is 5.96. The second kappa shape index (κ2) is 4.20. The van der Waals surface area contributed by atoms with Crippen LogP contribution in [0.4, 0.5) is 13.2 Å². The van der Waals surface area contributed by atoms with E-state index in [1.807, 2.05) is 0 Å². The summed E-state index contributed by atoms with van der Waals surface area (Å²) in [5, 5.41) is 10.1. The summed E-state index contributed by atoms with van der Waals surface area (Å²) in [5.74, 6) is 0.157. The molecule has 1 aromatic rings. The Kier molecular flexibility index (Phi) is 2.78. The van der Waals surface area contributed by atoms with E-state index in [-0.39, 0.29) is 0 Å². The Morgan fingerprint density at radius 1 is 1.22 bits per heavy atom. The molecule has 0 spiro atoms. The molecule has 2 aliphatic rings. The van der Waals surface area contributed by atoms with E-state index in [2.05, 4.69) is 20.4 Å². The fourth-order valence-electron chi connectivity index (χ4n) is 2.42. The van der Waals surface area contributed by atoms with E-state index in [4.69, 9.17) is 0 Å². The molecule has 0 bridgehead atoms. The number of rotatable bonds is 2. The minimum Gasteiger partial charge on any atom is -0.316 e. The second-order valence-electron chi connectivity index (χ2n) is 4.85. The maximum atomic E-state index is 12.6. The SMILES string of the molecule is FC(F)(F)c1nnc2n1CCN(CC1CNC1)C2. The van der Waals surface area contributed by atoms with Gasteiger partial charge in [-0.1, -0.05) is 0 Å². The summed E-state index contributed by atoms with van der Waals surface area (Å²) >= 11 is 0. The summed E-state index contributed by atoms with van der Waals surface area (Å²) in [4.78, 5) is 2.15. The maximum Gasteiger partial charge on any atom is 0.451 e. The summed E-state index contributed by atoms with van der Waals surface area (Å²) in [7, 11) is 0. The van der Waals surface area contributed by atoms with Gasteiger partial charge in [-0.2, -0.15) is 13.2 Å². The van der Waals surface area contributed by atoms with Crippen LogP contribution in [0.25, 0.3) is 0 Å². The third-order valence-electron chi connectivity index (χ3n) is 3.47. The van der Waals surface area contributed by atoms with E-state index >= 15 is 0 Å². The number of aromatic nitrogens is 3. The third kappa shape index (κ3) is 2.10. The molecular formula is C10H14F3N5. The molecule has 1 fully saturated rings. The Labute approximate surface area is 102 Å². The standard InChI is InChI=1S/C10H14F3N5/c11-10(12,13)9-16-15-8-6-17(1-2-18(8)9)5-7-3-14-4-7/h7,14H,1-6H2. The first-order valence-corrected chi connectivity index (χ1v) is 5.96. The molecule has 3 rings (SSSR count). The van der Waals surface area contributed by atoms with Gasteiger partial charge in [0.05, 0.1) is 6.54 Å². The normalized spacial score (nSPS) is 21.7. The molecule has 3 heterocycles. The third-order valence-corrected chi connectivity index (χ3v) is 3.47. The molecule has 0 aromatic carbocycles. The van der Waals surface area contributed by atoms with Gasteiger partial charge in [-0.05, 0) is 5.92 Å². The molecule has 0 unspecified atom stereocenters. The van der Waals surface area contributed by atoms with Crippen molar-refractivity contribution in [2.75, 3.05) is 26.2 Å². The van der Waals surface area contributed by atoms with E-state index in [9.17, 15) is 13.2 Å². The van der Waals surface area contributed by atoms with Gasteiger partial charge in [-0.25, -0.2) is 0 Å². The average Bonchev–Trinajstić information content (AvgIpc) is 2.65. The zero-order valence-electron chi connectivity index (χ0n) is 9.74. The van der Waals surface area contributed by atoms with E-state index in [1.54, 1.807) is 0 Å². The molecule has 8 heteroatoms. The molecule has 0 aliphatic carbocycles. The number of alkyl halides is 3. The highest BCUT2D eigenvalue weighted by Gasteiger charge is 2.39. The molecule has 18 heavy (non-hydrogen) atoms. The zero-order valence-corrected chi connectivity index (χ0v) is 9.74. The van der Waals surface area contributed by atoms with Crippen LogP contribution in [-0.2, 0) is 19.3 Å². The van der Waals surface area contributed by atoms with Crippen LogP contribution >= 0.6 is 0 Å². The highest BCUT2D eigenvalue weighted by atomic mass is 19.4. The summed E-state index contributed by atoms with van der Waals surface area (Å²) in [5.41, 5.74) is 0. The summed E-state index contributed by atoms with van der Waals surface area (Å²) in [6.45, 7) is 4.32. The number of hydrogen-bond acceptors (Lipinski definition) is 4. The van der Waals surface area contributed by atoms with Gasteiger partial charge in [-0.15, -0.1) is 10.2 Å². The van der Waals surface area contributed by atoms with Crippen molar-refractivity contribution in [1.29, 1.82) is 0 Å². The lowest BCUT2D eigenvalue weighted by atomic mass is 10.0. The van der Waals surface area contributed by atoms with Crippen molar-refractivity contribution in [2.24, 2.45) is 5.92 Å². The zero-order chi connectivity index (χ0) is 12.8. The highest BCUT2D eigenvalue weighted by molar-refractivity contribution is 5.02. The van der Waals surface area contributed by atoms with Crippen molar-refractivity contribution < 1.29 is 13.2 Å². The summed E-state index contributed by atoms with van der Waals surface area (Å²) in [6, 6.07) is 0. The molecule has 5 nitrogen and oxygen atoms in total. The molecule has 0 atom stereocenters. The van der Waals surface area contributed by atoms with E-state index < -0.39 is 12.0 Å². The highest BCUT2D eigenvalue weighted by Crippen LogP contribution is 2.29. The van der Waals surface area contributed by atoms with E-state index in [1.165, 1.54) is 4.57 Å². The van der Waals surface area contributed by atoms with Gasteiger partial charge in [0.15, 0.2) is 0 Å². The Morgan fingerprint density at radius 3 is 2.61 bits per heavy atom. The van der Waals surface area contributed by atoms with Crippen molar-refractivity contribution in [2.45, 2.75) is 19.3 Å². The lowest BCUT2D eigenvalue weighted by Gasteiger charge is -2.35. The van der Waals surface area contributed by atoms with Gasteiger partial charge in [0.2, 0.25) is 5.82 Å². The first kappa shape index (κ1) is 11.9. The monoisotopic (exact) mass is 261 g/mol. The lowest BCUT2D eigenvalue weighted by Crippen LogP contribution is -2.49. The molecule has 1 saturated heterocycles. The van der Waals surface area contributed by atoms with Gasteiger partial charge < -0.3 is 9.88 Å². The molecule has 0 amide bonds. The molecular weight excluding hydrogens is 247 g/mol. The quantitative estimate of drug-likeness (QED) is 0.833. The number of nitrogens with one attached hydrogen (secondary N) is 1. The van der Waals surface area contributed by atoms with E-state index in [0.717, 1.165) is 19.6 Å². The minimum atomic E-state index is -4.41. The van der Waals surface area contributed by atoms with Crippen LogP contribution in [0.2, 0.25) is 0 Å². The predicted octanol–water partition coefficient (Wildman–Crippen LogP) is 0.332. The Hall–Kier alpha value is -1.15. The van der Waals surface area contributed by atoms with Crippen molar-refractivity contribution in [3.05, 3.63) is 11.6 Å². The number of halogens is 3. The summed E-state index contributed by atoms with van der Waals surface area (Å²) < 4.78 is 39.1. The lowest BCUT2D eigenvalue weighted by molar-refractivity contribution is -0.148. The number of fused-ring (bicyclic) bond motifs is 1.